The lowest BCUT2D eigenvalue weighted by Crippen LogP contribution is -2.36. The molecule has 0 aliphatic carbocycles. The molecule has 0 fully saturated rings. The van der Waals surface area contributed by atoms with Crippen molar-refractivity contribution in [3.8, 4) is 0 Å². The molecule has 0 aromatic rings. The first-order valence-electron chi connectivity index (χ1n) is 5.19. The summed E-state index contributed by atoms with van der Waals surface area (Å²) in [5, 5.41) is 7.44. The molecule has 22 heavy (non-hydrogen) atoms. The van der Waals surface area contributed by atoms with E-state index in [0.717, 1.165) is 0 Å². The minimum absolute atomic E-state index is 0.0992. The van der Waals surface area contributed by atoms with Gasteiger partial charge in [-0.05, 0) is 0 Å². The van der Waals surface area contributed by atoms with Gasteiger partial charge in [0.2, 0.25) is 0 Å². The van der Waals surface area contributed by atoms with Crippen LogP contribution in [0.5, 0.6) is 0 Å². The summed E-state index contributed by atoms with van der Waals surface area (Å²) in [5.41, 5.74) is 0. The molecule has 126 valence electrons. The summed E-state index contributed by atoms with van der Waals surface area (Å²) in [7, 11) is -8.58. The first-order valence-corrected chi connectivity index (χ1v) is 10.5. The number of hydrogen-bond donors (Lipinski definition) is 4. The van der Waals surface area contributed by atoms with Gasteiger partial charge in [-0.1, -0.05) is 21.6 Å². The number of hydrogen-bond acceptors (Lipinski definition) is 10. The van der Waals surface area contributed by atoms with Crippen LogP contribution < -0.4 is 0 Å². The topological polar surface area (TPSA) is 191 Å². The molecular formula is C8H12N2O8S4. The fraction of sp³-hybridized carbons (Fsp3) is 0.500. The second-order valence-corrected chi connectivity index (χ2v) is 9.46. The second-order valence-electron chi connectivity index (χ2n) is 3.69. The van der Waals surface area contributed by atoms with E-state index < -0.39 is 41.2 Å². The van der Waals surface area contributed by atoms with Crippen LogP contribution >= 0.6 is 21.6 Å². The van der Waals surface area contributed by atoms with Crippen molar-refractivity contribution in [2.75, 3.05) is 0 Å². The van der Waals surface area contributed by atoms with Crippen LogP contribution in [0, 0.1) is 10.8 Å². The number of carbonyl (C=O) groups excluding carboxylic acids is 2. The van der Waals surface area contributed by atoms with Crippen LogP contribution in [0.4, 0.5) is 0 Å². The van der Waals surface area contributed by atoms with Crippen LogP contribution in [0.15, 0.2) is 0 Å². The Bertz CT molecular complexity index is 575. The first-order chi connectivity index (χ1) is 10.0. The van der Waals surface area contributed by atoms with Crippen molar-refractivity contribution in [1.82, 2.24) is 0 Å². The molecular weight excluding hydrogens is 380 g/mol. The molecule has 4 unspecified atom stereocenters. The van der Waals surface area contributed by atoms with Gasteiger partial charge in [-0.3, -0.25) is 9.11 Å². The molecule has 0 aromatic carbocycles. The number of carbonyl (C=O) groups is 2. The van der Waals surface area contributed by atoms with Crippen LogP contribution in [-0.4, -0.2) is 71.9 Å². The standard InChI is InChI=1S/C8H12N2O8S4/c9-1-5(7(3-11)21(13,14)15)19-20-6(2-10)8(4-12)22(16,17)18/h1-10H,(H,13,14,15)(H,16,17,18). The van der Waals surface area contributed by atoms with Gasteiger partial charge in [0.25, 0.3) is 20.2 Å². The third kappa shape index (κ3) is 6.13. The summed E-state index contributed by atoms with van der Waals surface area (Å²) in [6.07, 6.45) is 0.875. The van der Waals surface area contributed by atoms with Crippen molar-refractivity contribution in [3.05, 3.63) is 0 Å². The fourth-order valence-corrected chi connectivity index (χ4v) is 6.37. The summed E-state index contributed by atoms with van der Waals surface area (Å²) in [6.45, 7) is 0. The Morgan fingerprint density at radius 1 is 0.773 bits per heavy atom. The smallest absolute Gasteiger partial charge is 0.276 e. The minimum atomic E-state index is -4.78. The number of aldehydes is 2. The van der Waals surface area contributed by atoms with Gasteiger partial charge in [-0.25, -0.2) is 0 Å². The molecule has 0 saturated heterocycles. The summed E-state index contributed by atoms with van der Waals surface area (Å²) in [5.74, 6) is 0. The molecule has 4 atom stereocenters. The van der Waals surface area contributed by atoms with Crippen molar-refractivity contribution >= 4 is 66.8 Å². The van der Waals surface area contributed by atoms with E-state index in [1.54, 1.807) is 0 Å². The zero-order valence-electron chi connectivity index (χ0n) is 10.6. The zero-order valence-corrected chi connectivity index (χ0v) is 13.9. The van der Waals surface area contributed by atoms with E-state index in [0.29, 0.717) is 34.0 Å². The maximum Gasteiger partial charge on any atom is 0.276 e. The minimum Gasteiger partial charge on any atom is -0.312 e. The maximum atomic E-state index is 11.0. The third-order valence-corrected chi connectivity index (χ3v) is 7.82. The highest BCUT2D eigenvalue weighted by molar-refractivity contribution is 8.77. The first kappa shape index (κ1) is 21.2. The quantitative estimate of drug-likeness (QED) is 0.151. The van der Waals surface area contributed by atoms with E-state index in [4.69, 9.17) is 19.9 Å². The summed E-state index contributed by atoms with van der Waals surface area (Å²) < 4.78 is 61.7. The average Bonchev–Trinajstić information content (AvgIpc) is 2.38. The van der Waals surface area contributed by atoms with Crippen molar-refractivity contribution in [2.45, 2.75) is 21.0 Å². The molecule has 14 heteroatoms. The molecule has 0 aliphatic heterocycles. The maximum absolute atomic E-state index is 11.0. The van der Waals surface area contributed by atoms with E-state index in [2.05, 4.69) is 0 Å². The Kier molecular flexibility index (Phi) is 8.42. The Balaban J connectivity index is 5.21. The molecule has 0 rings (SSSR count). The van der Waals surface area contributed by atoms with Gasteiger partial charge in [-0.15, -0.1) is 0 Å². The highest BCUT2D eigenvalue weighted by Gasteiger charge is 2.35. The van der Waals surface area contributed by atoms with Crippen LogP contribution in [0.1, 0.15) is 0 Å². The van der Waals surface area contributed by atoms with E-state index in [1.165, 1.54) is 0 Å². The van der Waals surface area contributed by atoms with Gasteiger partial charge >= 0.3 is 0 Å². The van der Waals surface area contributed by atoms with Gasteiger partial charge in [-0.2, -0.15) is 16.8 Å². The van der Waals surface area contributed by atoms with Crippen LogP contribution in [0.25, 0.3) is 0 Å². The van der Waals surface area contributed by atoms with Gasteiger partial charge in [0.15, 0.2) is 10.5 Å². The lowest BCUT2D eigenvalue weighted by molar-refractivity contribution is -0.108. The molecule has 0 radical (unpaired) electrons. The predicted molar refractivity (Wildman–Crippen MR) is 83.1 cm³/mol. The molecule has 0 amide bonds. The van der Waals surface area contributed by atoms with Crippen molar-refractivity contribution in [1.29, 1.82) is 10.8 Å². The number of rotatable bonds is 11. The summed E-state index contributed by atoms with van der Waals surface area (Å²) in [6, 6.07) is 0. The Morgan fingerprint density at radius 2 is 1.05 bits per heavy atom. The van der Waals surface area contributed by atoms with Crippen LogP contribution in [0.2, 0.25) is 0 Å². The van der Waals surface area contributed by atoms with Crippen LogP contribution in [0.3, 0.4) is 0 Å². The van der Waals surface area contributed by atoms with Crippen LogP contribution in [-0.2, 0) is 29.8 Å². The number of nitrogens with one attached hydrogen (secondary N) is 2. The van der Waals surface area contributed by atoms with Crippen molar-refractivity contribution in [3.63, 3.8) is 0 Å². The van der Waals surface area contributed by atoms with Crippen molar-refractivity contribution < 1.29 is 35.5 Å². The fourth-order valence-electron chi connectivity index (χ4n) is 1.12. The molecule has 4 N–H and O–H groups in total. The molecule has 0 aliphatic rings. The largest absolute Gasteiger partial charge is 0.312 e. The molecule has 0 saturated carbocycles. The molecule has 0 aromatic heterocycles. The zero-order chi connectivity index (χ0) is 17.6. The molecule has 0 heterocycles. The average molecular weight is 392 g/mol. The lowest BCUT2D eigenvalue weighted by atomic mass is 10.3. The molecule has 0 bridgehead atoms. The summed E-state index contributed by atoms with van der Waals surface area (Å²) >= 11 is 0. The predicted octanol–water partition coefficient (Wildman–Crippen LogP) is -0.685. The molecule has 0 spiro atoms. The van der Waals surface area contributed by atoms with Gasteiger partial charge in [0.05, 0.1) is 10.5 Å². The van der Waals surface area contributed by atoms with E-state index in [-0.39, 0.29) is 12.6 Å². The second kappa shape index (κ2) is 8.73. The van der Waals surface area contributed by atoms with E-state index >= 15 is 0 Å². The monoisotopic (exact) mass is 392 g/mol. The van der Waals surface area contributed by atoms with Crippen molar-refractivity contribution in [2.24, 2.45) is 0 Å². The lowest BCUT2D eigenvalue weighted by Gasteiger charge is -2.19. The normalized spacial score (nSPS) is 17.7. The highest BCUT2D eigenvalue weighted by atomic mass is 33.1. The van der Waals surface area contributed by atoms with E-state index in [9.17, 15) is 26.4 Å². The molecule has 10 nitrogen and oxygen atoms in total. The van der Waals surface area contributed by atoms with Gasteiger partial charge in [0.1, 0.15) is 12.6 Å². The van der Waals surface area contributed by atoms with E-state index in [1.807, 2.05) is 0 Å². The summed E-state index contributed by atoms with van der Waals surface area (Å²) in [4.78, 5) is 21.4. The van der Waals surface area contributed by atoms with Gasteiger partial charge < -0.3 is 20.4 Å². The Labute approximate surface area is 134 Å². The Hall–Kier alpha value is -0.800. The SMILES string of the molecule is N=CC(SSC(C=N)C(C=O)S(=O)(=O)O)C(C=O)S(=O)(=O)O. The highest BCUT2D eigenvalue weighted by Crippen LogP contribution is 2.34. The van der Waals surface area contributed by atoms with Gasteiger partial charge in [0, 0.05) is 12.4 Å². The Morgan fingerprint density at radius 3 is 1.18 bits per heavy atom. The third-order valence-electron chi connectivity index (χ3n) is 2.21.